The molecule has 5 N–H and O–H groups in total. The molecule has 5 atom stereocenters. The van der Waals surface area contributed by atoms with Gasteiger partial charge in [0.2, 0.25) is 10.0 Å². The number of carbonyl (C=O) groups excluding carboxylic acids is 1. The Balaban J connectivity index is 1.98. The normalized spacial score (nSPS) is 28.9. The lowest BCUT2D eigenvalue weighted by Crippen LogP contribution is -2.45. The standard InChI is InChI=1S/C21H28ClNO10S/c1-2-31-20(28)12-9-21(32-18(15(26)10-24)19(33-21)16(27)11-25)8-7-17(12)34(29,30)23-14-6-4-3-5-13(14)22/h3-6,9,15-19,23-27H,2,7-8,10-11H2,1H3. The van der Waals surface area contributed by atoms with Crippen molar-refractivity contribution in [2.75, 3.05) is 24.5 Å². The SMILES string of the molecule is CCOC(=O)C1=CC2(CCC1S(=O)(=O)Nc1ccccc1Cl)OC(C(O)CO)C(C(O)CO)O2. The van der Waals surface area contributed by atoms with E-state index >= 15 is 0 Å². The second kappa shape index (κ2) is 10.9. The first kappa shape index (κ1) is 26.8. The number of anilines is 1. The van der Waals surface area contributed by atoms with Gasteiger partial charge in [-0.15, -0.1) is 0 Å². The molecule has 1 saturated heterocycles. The molecule has 190 valence electrons. The molecule has 1 spiro atoms. The van der Waals surface area contributed by atoms with Crippen molar-refractivity contribution in [2.24, 2.45) is 0 Å². The van der Waals surface area contributed by atoms with Crippen molar-refractivity contribution in [3.8, 4) is 0 Å². The molecule has 3 rings (SSSR count). The van der Waals surface area contributed by atoms with Gasteiger partial charge in [0.15, 0.2) is 5.79 Å². The van der Waals surface area contributed by atoms with Crippen LogP contribution >= 0.6 is 11.6 Å². The monoisotopic (exact) mass is 521 g/mol. The van der Waals surface area contributed by atoms with Gasteiger partial charge >= 0.3 is 5.97 Å². The number of hydrogen-bond acceptors (Lipinski definition) is 10. The summed E-state index contributed by atoms with van der Waals surface area (Å²) in [6.07, 6.45) is -4.49. The van der Waals surface area contributed by atoms with Crippen molar-refractivity contribution in [2.45, 2.75) is 55.2 Å². The Morgan fingerprint density at radius 3 is 2.32 bits per heavy atom. The molecule has 0 amide bonds. The second-order valence-electron chi connectivity index (χ2n) is 7.95. The number of sulfonamides is 1. The Bertz CT molecular complexity index is 999. The predicted molar refractivity (Wildman–Crippen MR) is 120 cm³/mol. The van der Waals surface area contributed by atoms with E-state index in [1.807, 2.05) is 0 Å². The van der Waals surface area contributed by atoms with Gasteiger partial charge < -0.3 is 34.6 Å². The second-order valence-corrected chi connectivity index (χ2v) is 10.2. The molecule has 1 heterocycles. The fourth-order valence-electron chi connectivity index (χ4n) is 4.00. The smallest absolute Gasteiger partial charge is 0.335 e. The van der Waals surface area contributed by atoms with Crippen molar-refractivity contribution in [3.05, 3.63) is 40.9 Å². The molecule has 2 aliphatic rings. The average molecular weight is 522 g/mol. The van der Waals surface area contributed by atoms with Crippen molar-refractivity contribution in [1.82, 2.24) is 0 Å². The summed E-state index contributed by atoms with van der Waals surface area (Å²) in [5.41, 5.74) is -0.123. The minimum Gasteiger partial charge on any atom is -0.463 e. The van der Waals surface area contributed by atoms with E-state index in [9.17, 15) is 33.6 Å². The number of hydrogen-bond donors (Lipinski definition) is 5. The summed E-state index contributed by atoms with van der Waals surface area (Å²) in [5, 5.41) is 37.8. The van der Waals surface area contributed by atoms with E-state index in [4.69, 9.17) is 25.8 Å². The highest BCUT2D eigenvalue weighted by atomic mass is 35.5. The van der Waals surface area contributed by atoms with Gasteiger partial charge in [-0.2, -0.15) is 0 Å². The van der Waals surface area contributed by atoms with Gasteiger partial charge in [-0.25, -0.2) is 13.2 Å². The van der Waals surface area contributed by atoms with Crippen LogP contribution in [0.2, 0.25) is 5.02 Å². The van der Waals surface area contributed by atoms with Crippen molar-refractivity contribution in [1.29, 1.82) is 0 Å². The molecule has 1 aliphatic heterocycles. The third-order valence-electron chi connectivity index (χ3n) is 5.62. The fraction of sp³-hybridized carbons (Fsp3) is 0.571. The van der Waals surface area contributed by atoms with Crippen molar-refractivity contribution in [3.63, 3.8) is 0 Å². The first-order valence-electron chi connectivity index (χ1n) is 10.7. The largest absolute Gasteiger partial charge is 0.463 e. The summed E-state index contributed by atoms with van der Waals surface area (Å²) >= 11 is 6.07. The molecule has 5 unspecified atom stereocenters. The van der Waals surface area contributed by atoms with Crippen LogP contribution in [0.5, 0.6) is 0 Å². The Kier molecular flexibility index (Phi) is 8.58. The molecule has 13 heteroatoms. The molecule has 1 aromatic carbocycles. The third-order valence-corrected chi connectivity index (χ3v) is 7.69. The number of rotatable bonds is 9. The highest BCUT2D eigenvalue weighted by Gasteiger charge is 2.54. The lowest BCUT2D eigenvalue weighted by Gasteiger charge is -2.34. The first-order valence-corrected chi connectivity index (χ1v) is 12.6. The van der Waals surface area contributed by atoms with Crippen LogP contribution in [0, 0.1) is 0 Å². The van der Waals surface area contributed by atoms with E-state index in [-0.39, 0.29) is 35.7 Å². The topological polar surface area (TPSA) is 172 Å². The van der Waals surface area contributed by atoms with E-state index in [1.54, 1.807) is 19.1 Å². The first-order chi connectivity index (χ1) is 16.1. The maximum absolute atomic E-state index is 13.2. The zero-order valence-corrected chi connectivity index (χ0v) is 19.9. The molecule has 0 aromatic heterocycles. The van der Waals surface area contributed by atoms with Crippen LogP contribution in [0.25, 0.3) is 0 Å². The molecule has 11 nitrogen and oxygen atoms in total. The van der Waals surface area contributed by atoms with Crippen LogP contribution in [0.4, 0.5) is 5.69 Å². The number of ether oxygens (including phenoxy) is 3. The van der Waals surface area contributed by atoms with Gasteiger partial charge in [0.25, 0.3) is 0 Å². The van der Waals surface area contributed by atoms with Gasteiger partial charge in [0, 0.05) is 6.42 Å². The molecule has 0 bridgehead atoms. The van der Waals surface area contributed by atoms with Crippen LogP contribution in [0.15, 0.2) is 35.9 Å². The number of halogens is 1. The quantitative estimate of drug-likeness (QED) is 0.277. The predicted octanol–water partition coefficient (Wildman–Crippen LogP) is -0.0797. The maximum atomic E-state index is 13.2. The summed E-state index contributed by atoms with van der Waals surface area (Å²) in [6, 6.07) is 6.22. The number of para-hydroxylation sites is 1. The van der Waals surface area contributed by atoms with Gasteiger partial charge in [-0.1, -0.05) is 23.7 Å². The van der Waals surface area contributed by atoms with E-state index in [2.05, 4.69) is 4.72 Å². The summed E-state index contributed by atoms with van der Waals surface area (Å²) < 4.78 is 45.5. The molecular formula is C21H28ClNO10S. The molecular weight excluding hydrogens is 494 g/mol. The molecule has 1 aromatic rings. The van der Waals surface area contributed by atoms with Crippen molar-refractivity contribution >= 4 is 33.3 Å². The Labute approximate surface area is 201 Å². The molecule has 34 heavy (non-hydrogen) atoms. The van der Waals surface area contributed by atoms with Crippen LogP contribution in [-0.4, -0.2) is 90.1 Å². The van der Waals surface area contributed by atoms with Gasteiger partial charge in [-0.05, 0) is 31.6 Å². The van der Waals surface area contributed by atoms with Gasteiger partial charge in [0.1, 0.15) is 29.7 Å². The number of aliphatic hydroxyl groups excluding tert-OH is 4. The maximum Gasteiger partial charge on any atom is 0.335 e. The van der Waals surface area contributed by atoms with E-state index in [1.165, 1.54) is 12.1 Å². The fourth-order valence-corrected chi connectivity index (χ4v) is 5.79. The minimum absolute atomic E-state index is 0.0205. The molecule has 0 radical (unpaired) electrons. The molecule has 1 fully saturated rings. The minimum atomic E-state index is -4.18. The summed E-state index contributed by atoms with van der Waals surface area (Å²) in [4.78, 5) is 12.8. The number of esters is 1. The van der Waals surface area contributed by atoms with Crippen LogP contribution in [0.1, 0.15) is 19.8 Å². The average Bonchev–Trinajstić information content (AvgIpc) is 3.18. The van der Waals surface area contributed by atoms with Crippen LogP contribution < -0.4 is 4.72 Å². The lowest BCUT2D eigenvalue weighted by molar-refractivity contribution is -0.164. The number of nitrogens with one attached hydrogen (secondary N) is 1. The van der Waals surface area contributed by atoms with Gasteiger partial charge in [0.05, 0.1) is 36.1 Å². The van der Waals surface area contributed by atoms with Crippen LogP contribution in [-0.2, 0) is 29.0 Å². The summed E-state index contributed by atoms with van der Waals surface area (Å²) in [7, 11) is -4.18. The highest BCUT2D eigenvalue weighted by molar-refractivity contribution is 7.93. The van der Waals surface area contributed by atoms with E-state index < -0.39 is 64.7 Å². The van der Waals surface area contributed by atoms with Crippen LogP contribution in [0.3, 0.4) is 0 Å². The molecule has 1 aliphatic carbocycles. The number of benzene rings is 1. The summed E-state index contributed by atoms with van der Waals surface area (Å²) in [5.74, 6) is -2.60. The third kappa shape index (κ3) is 5.55. The van der Waals surface area contributed by atoms with E-state index in [0.29, 0.717) is 0 Å². The lowest BCUT2D eigenvalue weighted by atomic mass is 9.94. The zero-order chi connectivity index (χ0) is 25.1. The Hall–Kier alpha value is -1.77. The summed E-state index contributed by atoms with van der Waals surface area (Å²) in [6.45, 7) is 0.109. The Morgan fingerprint density at radius 1 is 1.21 bits per heavy atom. The van der Waals surface area contributed by atoms with Gasteiger partial charge in [-0.3, -0.25) is 4.72 Å². The molecule has 0 saturated carbocycles. The van der Waals surface area contributed by atoms with E-state index in [0.717, 1.165) is 6.08 Å². The number of carbonyl (C=O) groups is 1. The number of aliphatic hydroxyl groups is 4. The Morgan fingerprint density at radius 2 is 1.79 bits per heavy atom. The highest BCUT2D eigenvalue weighted by Crippen LogP contribution is 2.43. The van der Waals surface area contributed by atoms with Crippen molar-refractivity contribution < 1.29 is 47.8 Å². The zero-order valence-electron chi connectivity index (χ0n) is 18.3.